The first-order valence-corrected chi connectivity index (χ1v) is 7.01. The normalized spacial score (nSPS) is 26.8. The minimum Gasteiger partial charge on any atom is -0.490 e. The maximum Gasteiger partial charge on any atom is 0.136 e. The van der Waals surface area contributed by atoms with Gasteiger partial charge in [-0.25, -0.2) is 0 Å². The SMILES string of the molecule is Cc1ccc2c(c1)CC(CC1CCCCC1=O)O2. The van der Waals surface area contributed by atoms with Gasteiger partial charge in [0.2, 0.25) is 0 Å². The molecule has 1 aromatic carbocycles. The lowest BCUT2D eigenvalue weighted by molar-refractivity contribution is -0.125. The molecule has 1 aliphatic heterocycles. The van der Waals surface area contributed by atoms with Crippen LogP contribution in [0.25, 0.3) is 0 Å². The quantitative estimate of drug-likeness (QED) is 0.796. The number of ether oxygens (including phenoxy) is 1. The Morgan fingerprint density at radius 1 is 1.33 bits per heavy atom. The molecule has 0 amide bonds. The van der Waals surface area contributed by atoms with Crippen LogP contribution >= 0.6 is 0 Å². The van der Waals surface area contributed by atoms with E-state index in [0.29, 0.717) is 5.78 Å². The van der Waals surface area contributed by atoms with Crippen molar-refractivity contribution in [2.45, 2.75) is 51.6 Å². The van der Waals surface area contributed by atoms with Gasteiger partial charge in [-0.15, -0.1) is 0 Å². The predicted molar refractivity (Wildman–Crippen MR) is 70.9 cm³/mol. The number of carbonyl (C=O) groups is 1. The number of benzene rings is 1. The minimum absolute atomic E-state index is 0.217. The van der Waals surface area contributed by atoms with Gasteiger partial charge in [0.25, 0.3) is 0 Å². The van der Waals surface area contributed by atoms with Crippen LogP contribution in [0.1, 0.15) is 43.2 Å². The summed E-state index contributed by atoms with van der Waals surface area (Å²) in [5.41, 5.74) is 2.59. The van der Waals surface area contributed by atoms with Crippen molar-refractivity contribution in [1.29, 1.82) is 0 Å². The molecule has 0 spiro atoms. The number of rotatable bonds is 2. The molecule has 18 heavy (non-hydrogen) atoms. The molecule has 0 aromatic heterocycles. The average molecular weight is 244 g/mol. The van der Waals surface area contributed by atoms with E-state index in [1.165, 1.54) is 17.5 Å². The van der Waals surface area contributed by atoms with Crippen LogP contribution in [0.15, 0.2) is 18.2 Å². The molecule has 1 heterocycles. The molecular formula is C16H20O2. The van der Waals surface area contributed by atoms with Gasteiger partial charge in [-0.2, -0.15) is 0 Å². The van der Waals surface area contributed by atoms with Crippen molar-refractivity contribution >= 4 is 5.78 Å². The van der Waals surface area contributed by atoms with Crippen LogP contribution in [-0.4, -0.2) is 11.9 Å². The Balaban J connectivity index is 1.65. The van der Waals surface area contributed by atoms with Crippen LogP contribution in [0.4, 0.5) is 0 Å². The van der Waals surface area contributed by atoms with Gasteiger partial charge in [-0.1, -0.05) is 24.1 Å². The Morgan fingerprint density at radius 2 is 2.22 bits per heavy atom. The van der Waals surface area contributed by atoms with E-state index in [9.17, 15) is 4.79 Å². The summed E-state index contributed by atoms with van der Waals surface area (Å²) in [5, 5.41) is 0. The Kier molecular flexibility index (Phi) is 3.11. The molecule has 96 valence electrons. The molecule has 2 aliphatic rings. The van der Waals surface area contributed by atoms with E-state index in [-0.39, 0.29) is 12.0 Å². The molecule has 1 aliphatic carbocycles. The molecule has 2 heteroatoms. The highest BCUT2D eigenvalue weighted by molar-refractivity contribution is 5.81. The Morgan fingerprint density at radius 3 is 3.06 bits per heavy atom. The zero-order valence-corrected chi connectivity index (χ0v) is 10.9. The van der Waals surface area contributed by atoms with Gasteiger partial charge < -0.3 is 4.74 Å². The summed E-state index contributed by atoms with van der Waals surface area (Å²) < 4.78 is 5.96. The first-order valence-electron chi connectivity index (χ1n) is 7.01. The largest absolute Gasteiger partial charge is 0.490 e. The van der Waals surface area contributed by atoms with Crippen LogP contribution in [0.3, 0.4) is 0 Å². The number of hydrogen-bond donors (Lipinski definition) is 0. The molecule has 0 radical (unpaired) electrons. The van der Waals surface area contributed by atoms with Gasteiger partial charge >= 0.3 is 0 Å². The summed E-state index contributed by atoms with van der Waals surface area (Å²) in [7, 11) is 0. The molecule has 1 aromatic rings. The first kappa shape index (κ1) is 11.8. The number of carbonyl (C=O) groups excluding carboxylic acids is 1. The van der Waals surface area contributed by atoms with Gasteiger partial charge in [-0.05, 0) is 37.8 Å². The zero-order valence-electron chi connectivity index (χ0n) is 10.9. The van der Waals surface area contributed by atoms with Crippen molar-refractivity contribution < 1.29 is 9.53 Å². The third kappa shape index (κ3) is 2.29. The van der Waals surface area contributed by atoms with Gasteiger partial charge in [0.05, 0.1) is 0 Å². The maximum atomic E-state index is 11.9. The molecular weight excluding hydrogens is 224 g/mol. The van der Waals surface area contributed by atoms with Crippen molar-refractivity contribution in [3.05, 3.63) is 29.3 Å². The molecule has 2 atom stereocenters. The number of aryl methyl sites for hydroxylation is 1. The highest BCUT2D eigenvalue weighted by Crippen LogP contribution is 2.34. The summed E-state index contributed by atoms with van der Waals surface area (Å²) in [5.74, 6) is 1.73. The van der Waals surface area contributed by atoms with E-state index in [2.05, 4.69) is 25.1 Å². The number of fused-ring (bicyclic) bond motifs is 1. The number of ketones is 1. The lowest BCUT2D eigenvalue weighted by Crippen LogP contribution is -2.26. The van der Waals surface area contributed by atoms with Gasteiger partial charge in [0.1, 0.15) is 17.6 Å². The topological polar surface area (TPSA) is 26.3 Å². The van der Waals surface area contributed by atoms with Gasteiger partial charge in [-0.3, -0.25) is 4.79 Å². The molecule has 1 fully saturated rings. The second kappa shape index (κ2) is 4.75. The van der Waals surface area contributed by atoms with Crippen LogP contribution in [-0.2, 0) is 11.2 Å². The first-order chi connectivity index (χ1) is 8.72. The van der Waals surface area contributed by atoms with E-state index in [1.807, 2.05) is 0 Å². The van der Waals surface area contributed by atoms with E-state index in [1.54, 1.807) is 0 Å². The third-order valence-electron chi connectivity index (χ3n) is 4.19. The zero-order chi connectivity index (χ0) is 12.5. The second-order valence-corrected chi connectivity index (χ2v) is 5.70. The van der Waals surface area contributed by atoms with E-state index in [4.69, 9.17) is 4.74 Å². The smallest absolute Gasteiger partial charge is 0.136 e. The van der Waals surface area contributed by atoms with Crippen LogP contribution < -0.4 is 4.74 Å². The van der Waals surface area contributed by atoms with Crippen molar-refractivity contribution in [2.75, 3.05) is 0 Å². The standard InChI is InChI=1S/C16H20O2/c1-11-6-7-16-13(8-11)10-14(18-16)9-12-4-2-3-5-15(12)17/h6-8,12,14H,2-5,9-10H2,1H3. The van der Waals surface area contributed by atoms with Gasteiger partial charge in [0, 0.05) is 18.8 Å². The molecule has 0 N–H and O–H groups in total. The molecule has 0 bridgehead atoms. The molecule has 2 nitrogen and oxygen atoms in total. The van der Waals surface area contributed by atoms with Crippen LogP contribution in [0.5, 0.6) is 5.75 Å². The maximum absolute atomic E-state index is 11.9. The number of hydrogen-bond acceptors (Lipinski definition) is 2. The molecule has 2 unspecified atom stereocenters. The fraction of sp³-hybridized carbons (Fsp3) is 0.562. The fourth-order valence-electron chi connectivity index (χ4n) is 3.20. The van der Waals surface area contributed by atoms with Crippen molar-refractivity contribution in [3.8, 4) is 5.75 Å². The van der Waals surface area contributed by atoms with E-state index < -0.39 is 0 Å². The predicted octanol–water partition coefficient (Wildman–Crippen LogP) is 3.45. The summed E-state index contributed by atoms with van der Waals surface area (Å²) in [6.45, 7) is 2.11. The van der Waals surface area contributed by atoms with E-state index >= 15 is 0 Å². The summed E-state index contributed by atoms with van der Waals surface area (Å²) in [4.78, 5) is 11.9. The molecule has 1 saturated carbocycles. The summed E-state index contributed by atoms with van der Waals surface area (Å²) in [6.07, 6.45) is 6.23. The van der Waals surface area contributed by atoms with Crippen LogP contribution in [0, 0.1) is 12.8 Å². The lowest BCUT2D eigenvalue weighted by Gasteiger charge is -2.23. The number of Topliss-reactive ketones (excluding diaryl/α,β-unsaturated/α-hetero) is 1. The van der Waals surface area contributed by atoms with Crippen molar-refractivity contribution in [1.82, 2.24) is 0 Å². The van der Waals surface area contributed by atoms with Crippen molar-refractivity contribution in [2.24, 2.45) is 5.92 Å². The molecule has 0 saturated heterocycles. The highest BCUT2D eigenvalue weighted by atomic mass is 16.5. The highest BCUT2D eigenvalue weighted by Gasteiger charge is 2.30. The second-order valence-electron chi connectivity index (χ2n) is 5.70. The summed E-state index contributed by atoms with van der Waals surface area (Å²) >= 11 is 0. The Labute approximate surface area is 108 Å². The fourth-order valence-corrected chi connectivity index (χ4v) is 3.20. The minimum atomic E-state index is 0.217. The lowest BCUT2D eigenvalue weighted by atomic mass is 9.83. The summed E-state index contributed by atoms with van der Waals surface area (Å²) in [6, 6.07) is 6.36. The monoisotopic (exact) mass is 244 g/mol. The van der Waals surface area contributed by atoms with Crippen LogP contribution in [0.2, 0.25) is 0 Å². The Bertz CT molecular complexity index is 464. The third-order valence-corrected chi connectivity index (χ3v) is 4.19. The Hall–Kier alpha value is -1.31. The average Bonchev–Trinajstić information content (AvgIpc) is 2.73. The van der Waals surface area contributed by atoms with E-state index in [0.717, 1.165) is 37.9 Å². The van der Waals surface area contributed by atoms with Crippen molar-refractivity contribution in [3.63, 3.8) is 0 Å². The van der Waals surface area contributed by atoms with Gasteiger partial charge in [0.15, 0.2) is 0 Å². The molecule has 3 rings (SSSR count).